The minimum absolute atomic E-state index is 0.144. The minimum Gasteiger partial charge on any atom is -0.451 e. The third-order valence-corrected chi connectivity index (χ3v) is 3.36. The standard InChI is InChI=1S/C15H15FN2O2/c16-12-4-2-1-3-11(12)13-5-6-14(20-13)15(19)18-9-7-17-8-10-18/h1-6,17H,7-10H2. The lowest BCUT2D eigenvalue weighted by molar-refractivity contribution is 0.0704. The number of carbonyl (C=O) groups is 1. The smallest absolute Gasteiger partial charge is 0.289 e. The molecule has 1 amide bonds. The molecule has 1 aliphatic rings. The van der Waals surface area contributed by atoms with Gasteiger partial charge in [0.2, 0.25) is 0 Å². The Morgan fingerprint density at radius 2 is 1.90 bits per heavy atom. The fraction of sp³-hybridized carbons (Fsp3) is 0.267. The fourth-order valence-corrected chi connectivity index (χ4v) is 2.28. The van der Waals surface area contributed by atoms with Gasteiger partial charge in [-0.2, -0.15) is 0 Å². The summed E-state index contributed by atoms with van der Waals surface area (Å²) >= 11 is 0. The highest BCUT2D eigenvalue weighted by atomic mass is 19.1. The second kappa shape index (κ2) is 5.46. The van der Waals surface area contributed by atoms with E-state index in [1.807, 2.05) is 0 Å². The molecular formula is C15H15FN2O2. The Bertz CT molecular complexity index is 618. The number of nitrogens with one attached hydrogen (secondary N) is 1. The number of hydrogen-bond acceptors (Lipinski definition) is 3. The molecule has 1 fully saturated rings. The molecule has 0 saturated carbocycles. The molecule has 0 spiro atoms. The first kappa shape index (κ1) is 12.9. The van der Waals surface area contributed by atoms with Crippen LogP contribution in [0, 0.1) is 5.82 Å². The summed E-state index contributed by atoms with van der Waals surface area (Å²) in [5.74, 6) is 0.129. The molecular weight excluding hydrogens is 259 g/mol. The van der Waals surface area contributed by atoms with E-state index in [0.717, 1.165) is 13.1 Å². The summed E-state index contributed by atoms with van der Waals surface area (Å²) in [6.45, 7) is 2.89. The van der Waals surface area contributed by atoms with Crippen LogP contribution in [0.4, 0.5) is 4.39 Å². The van der Waals surface area contributed by atoms with Crippen LogP contribution in [-0.2, 0) is 0 Å². The van der Waals surface area contributed by atoms with E-state index in [4.69, 9.17) is 4.42 Å². The van der Waals surface area contributed by atoms with Crippen LogP contribution in [0.1, 0.15) is 10.6 Å². The maximum absolute atomic E-state index is 13.7. The lowest BCUT2D eigenvalue weighted by atomic mass is 10.1. The van der Waals surface area contributed by atoms with E-state index in [2.05, 4.69) is 5.32 Å². The van der Waals surface area contributed by atoms with Gasteiger partial charge in [-0.25, -0.2) is 4.39 Å². The van der Waals surface area contributed by atoms with Crippen LogP contribution in [0.2, 0.25) is 0 Å². The number of furan rings is 1. The van der Waals surface area contributed by atoms with E-state index >= 15 is 0 Å². The van der Waals surface area contributed by atoms with Gasteiger partial charge in [0.05, 0.1) is 5.56 Å². The zero-order valence-corrected chi connectivity index (χ0v) is 10.9. The van der Waals surface area contributed by atoms with Crippen LogP contribution in [0.15, 0.2) is 40.8 Å². The topological polar surface area (TPSA) is 45.5 Å². The number of rotatable bonds is 2. The van der Waals surface area contributed by atoms with Gasteiger partial charge in [0.1, 0.15) is 11.6 Å². The molecule has 0 unspecified atom stereocenters. The van der Waals surface area contributed by atoms with Crippen molar-refractivity contribution < 1.29 is 13.6 Å². The molecule has 1 aromatic heterocycles. The zero-order valence-electron chi connectivity index (χ0n) is 10.9. The molecule has 0 aliphatic carbocycles. The summed E-state index contributed by atoms with van der Waals surface area (Å²) in [6.07, 6.45) is 0. The Morgan fingerprint density at radius 1 is 1.15 bits per heavy atom. The van der Waals surface area contributed by atoms with E-state index in [1.54, 1.807) is 35.2 Å². The Morgan fingerprint density at radius 3 is 2.65 bits per heavy atom. The van der Waals surface area contributed by atoms with Crippen molar-refractivity contribution >= 4 is 5.91 Å². The molecule has 2 aromatic rings. The van der Waals surface area contributed by atoms with Gasteiger partial charge in [0.25, 0.3) is 5.91 Å². The van der Waals surface area contributed by atoms with Gasteiger partial charge in [-0.1, -0.05) is 12.1 Å². The van der Waals surface area contributed by atoms with Gasteiger partial charge in [-0.15, -0.1) is 0 Å². The van der Waals surface area contributed by atoms with Gasteiger partial charge < -0.3 is 14.6 Å². The van der Waals surface area contributed by atoms with Gasteiger partial charge in [-0.3, -0.25) is 4.79 Å². The molecule has 1 aliphatic heterocycles. The summed E-state index contributed by atoms with van der Waals surface area (Å²) in [6, 6.07) is 9.59. The summed E-state index contributed by atoms with van der Waals surface area (Å²) in [4.78, 5) is 14.0. The van der Waals surface area contributed by atoms with Crippen molar-refractivity contribution in [3.05, 3.63) is 48.0 Å². The molecule has 0 atom stereocenters. The SMILES string of the molecule is O=C(c1ccc(-c2ccccc2F)o1)N1CCNCC1. The molecule has 0 bridgehead atoms. The predicted octanol–water partition coefficient (Wildman–Crippen LogP) is 2.13. The lowest BCUT2D eigenvalue weighted by Crippen LogP contribution is -2.46. The van der Waals surface area contributed by atoms with Crippen molar-refractivity contribution in [3.8, 4) is 11.3 Å². The number of hydrogen-bond donors (Lipinski definition) is 1. The monoisotopic (exact) mass is 274 g/mol. The van der Waals surface area contributed by atoms with E-state index in [9.17, 15) is 9.18 Å². The van der Waals surface area contributed by atoms with E-state index in [1.165, 1.54) is 6.07 Å². The summed E-state index contributed by atoms with van der Waals surface area (Å²) < 4.78 is 19.2. The average molecular weight is 274 g/mol. The normalized spacial score (nSPS) is 15.3. The van der Waals surface area contributed by atoms with Crippen LogP contribution >= 0.6 is 0 Å². The first-order valence-electron chi connectivity index (χ1n) is 6.60. The van der Waals surface area contributed by atoms with Crippen LogP contribution in [0.25, 0.3) is 11.3 Å². The van der Waals surface area contributed by atoms with Gasteiger partial charge in [-0.05, 0) is 24.3 Å². The number of amides is 1. The molecule has 5 heteroatoms. The molecule has 2 heterocycles. The summed E-state index contributed by atoms with van der Waals surface area (Å²) in [5, 5.41) is 3.19. The third kappa shape index (κ3) is 2.44. The molecule has 1 aromatic carbocycles. The Labute approximate surface area is 116 Å². The third-order valence-electron chi connectivity index (χ3n) is 3.36. The first-order chi connectivity index (χ1) is 9.75. The summed E-state index contributed by atoms with van der Waals surface area (Å²) in [5.41, 5.74) is 0.367. The molecule has 20 heavy (non-hydrogen) atoms. The van der Waals surface area contributed by atoms with Gasteiger partial charge >= 0.3 is 0 Å². The van der Waals surface area contributed by atoms with Crippen molar-refractivity contribution in [1.29, 1.82) is 0 Å². The maximum atomic E-state index is 13.7. The number of nitrogens with zero attached hydrogens (tertiary/aromatic N) is 1. The van der Waals surface area contributed by atoms with Crippen LogP contribution < -0.4 is 5.32 Å². The minimum atomic E-state index is -0.358. The predicted molar refractivity (Wildman–Crippen MR) is 72.9 cm³/mol. The van der Waals surface area contributed by atoms with Crippen LogP contribution in [0.5, 0.6) is 0 Å². The number of piperazine rings is 1. The van der Waals surface area contributed by atoms with Crippen molar-refractivity contribution in [2.24, 2.45) is 0 Å². The van der Waals surface area contributed by atoms with Crippen molar-refractivity contribution in [1.82, 2.24) is 10.2 Å². The largest absolute Gasteiger partial charge is 0.451 e. The van der Waals surface area contributed by atoms with E-state index in [-0.39, 0.29) is 17.5 Å². The number of benzene rings is 1. The molecule has 1 N–H and O–H groups in total. The fourth-order valence-electron chi connectivity index (χ4n) is 2.28. The number of carbonyl (C=O) groups excluding carboxylic acids is 1. The second-order valence-corrected chi connectivity index (χ2v) is 4.69. The molecule has 104 valence electrons. The highest BCUT2D eigenvalue weighted by Crippen LogP contribution is 2.25. The zero-order chi connectivity index (χ0) is 13.9. The maximum Gasteiger partial charge on any atom is 0.289 e. The Balaban J connectivity index is 1.83. The van der Waals surface area contributed by atoms with E-state index < -0.39 is 0 Å². The molecule has 4 nitrogen and oxygen atoms in total. The van der Waals surface area contributed by atoms with Crippen molar-refractivity contribution in [2.45, 2.75) is 0 Å². The number of halogens is 1. The Kier molecular flexibility index (Phi) is 3.52. The second-order valence-electron chi connectivity index (χ2n) is 4.69. The molecule has 3 rings (SSSR count). The van der Waals surface area contributed by atoms with Gasteiger partial charge in [0, 0.05) is 26.2 Å². The highest BCUT2D eigenvalue weighted by molar-refractivity contribution is 5.92. The highest BCUT2D eigenvalue weighted by Gasteiger charge is 2.21. The van der Waals surface area contributed by atoms with Crippen LogP contribution in [0.3, 0.4) is 0 Å². The van der Waals surface area contributed by atoms with Crippen molar-refractivity contribution in [3.63, 3.8) is 0 Å². The average Bonchev–Trinajstić information content (AvgIpc) is 2.97. The van der Waals surface area contributed by atoms with Gasteiger partial charge in [0.15, 0.2) is 5.76 Å². The van der Waals surface area contributed by atoms with Crippen LogP contribution in [-0.4, -0.2) is 37.0 Å². The molecule has 0 radical (unpaired) electrons. The van der Waals surface area contributed by atoms with Crippen molar-refractivity contribution in [2.75, 3.05) is 26.2 Å². The first-order valence-corrected chi connectivity index (χ1v) is 6.60. The summed E-state index contributed by atoms with van der Waals surface area (Å²) in [7, 11) is 0. The van der Waals surface area contributed by atoms with E-state index in [0.29, 0.717) is 24.4 Å². The quantitative estimate of drug-likeness (QED) is 0.912. The lowest BCUT2D eigenvalue weighted by Gasteiger charge is -2.26. The Hall–Kier alpha value is -2.14. The molecule has 1 saturated heterocycles.